The molecular weight excluding hydrogens is 811 g/mol. The minimum absolute atomic E-state index is 0.0181. The maximum absolute atomic E-state index is 14.4. The number of hydrogen-bond acceptors (Lipinski definition) is 8. The molecule has 11 nitrogen and oxygen atoms in total. The average Bonchev–Trinajstić information content (AvgIpc) is 3.20. The zero-order valence-corrected chi connectivity index (χ0v) is 31.9. The van der Waals surface area contributed by atoms with Gasteiger partial charge < -0.3 is 14.4 Å². The number of nitrogens with one attached hydrogen (secondary N) is 1. The zero-order chi connectivity index (χ0) is 38.2. The van der Waals surface area contributed by atoms with Gasteiger partial charge in [0.25, 0.3) is 17.5 Å². The first kappa shape index (κ1) is 36.0. The van der Waals surface area contributed by atoms with Gasteiger partial charge in [-0.2, -0.15) is 0 Å². The van der Waals surface area contributed by atoms with Crippen molar-refractivity contribution >= 4 is 63.6 Å². The summed E-state index contributed by atoms with van der Waals surface area (Å²) in [6.45, 7) is 1.92. The minimum Gasteiger partial charge on any atom is -0.493 e. The van der Waals surface area contributed by atoms with E-state index >= 15 is 0 Å². The van der Waals surface area contributed by atoms with E-state index in [4.69, 9.17) is 9.47 Å². The zero-order valence-electron chi connectivity index (χ0n) is 29.7. The predicted molar refractivity (Wildman–Crippen MR) is 217 cm³/mol. The van der Waals surface area contributed by atoms with Crippen molar-refractivity contribution in [2.24, 2.45) is 0 Å². The topological polar surface area (TPSA) is 131 Å². The Kier molecular flexibility index (Phi) is 9.82. The quantitative estimate of drug-likeness (QED) is 0.0516. The Morgan fingerprint density at radius 1 is 0.855 bits per heavy atom. The highest BCUT2D eigenvalue weighted by molar-refractivity contribution is 14.1. The van der Waals surface area contributed by atoms with E-state index in [1.54, 1.807) is 24.3 Å². The van der Waals surface area contributed by atoms with E-state index in [1.165, 1.54) is 25.3 Å². The van der Waals surface area contributed by atoms with Crippen LogP contribution in [0.15, 0.2) is 115 Å². The first-order valence-corrected chi connectivity index (χ1v) is 19.0. The first-order valence-electron chi connectivity index (χ1n) is 17.9. The van der Waals surface area contributed by atoms with E-state index in [0.717, 1.165) is 64.3 Å². The number of nitro groups is 1. The highest BCUT2D eigenvalue weighted by Gasteiger charge is 2.40. The maximum atomic E-state index is 14.4. The van der Waals surface area contributed by atoms with E-state index in [0.29, 0.717) is 26.3 Å². The van der Waals surface area contributed by atoms with Gasteiger partial charge in [0.1, 0.15) is 12.2 Å². The Balaban J connectivity index is 1.16. The van der Waals surface area contributed by atoms with Crippen LogP contribution >= 0.6 is 22.6 Å². The van der Waals surface area contributed by atoms with Crippen LogP contribution in [0.4, 0.5) is 21.9 Å². The van der Waals surface area contributed by atoms with Gasteiger partial charge in [0.05, 0.1) is 21.3 Å². The summed E-state index contributed by atoms with van der Waals surface area (Å²) in [4.78, 5) is 55.5. The lowest BCUT2D eigenvalue weighted by Gasteiger charge is -2.44. The van der Waals surface area contributed by atoms with Crippen molar-refractivity contribution in [2.45, 2.75) is 31.3 Å². The highest BCUT2D eigenvalue weighted by Crippen LogP contribution is 2.50. The van der Waals surface area contributed by atoms with Crippen molar-refractivity contribution in [2.75, 3.05) is 30.0 Å². The summed E-state index contributed by atoms with van der Waals surface area (Å²) >= 11 is 2.08. The van der Waals surface area contributed by atoms with Crippen LogP contribution in [0.5, 0.6) is 11.5 Å². The second kappa shape index (κ2) is 15.0. The fourth-order valence-corrected chi connectivity index (χ4v) is 8.64. The monoisotopic (exact) mass is 846 g/mol. The molecule has 3 aliphatic heterocycles. The molecule has 12 heteroatoms. The molecule has 55 heavy (non-hydrogen) atoms. The summed E-state index contributed by atoms with van der Waals surface area (Å²) in [6, 6.07) is 33.1. The van der Waals surface area contributed by atoms with Crippen molar-refractivity contribution in [3.8, 4) is 11.5 Å². The van der Waals surface area contributed by atoms with Crippen LogP contribution < -0.4 is 24.6 Å². The van der Waals surface area contributed by atoms with Gasteiger partial charge in [-0.1, -0.05) is 60.7 Å². The number of anilines is 2. The molecule has 2 atom stereocenters. The fourth-order valence-electron chi connectivity index (χ4n) is 7.86. The molecule has 0 radical (unpaired) electrons. The van der Waals surface area contributed by atoms with Crippen LogP contribution in [0.25, 0.3) is 6.08 Å². The normalized spacial score (nSPS) is 18.5. The van der Waals surface area contributed by atoms with Gasteiger partial charge in [-0.3, -0.25) is 25.0 Å². The van der Waals surface area contributed by atoms with Crippen molar-refractivity contribution in [3.63, 3.8) is 0 Å². The van der Waals surface area contributed by atoms with Gasteiger partial charge in [0, 0.05) is 42.7 Å². The number of hydrogen-bond donors (Lipinski definition) is 1. The molecule has 3 heterocycles. The Bertz CT molecular complexity index is 2290. The van der Waals surface area contributed by atoms with Gasteiger partial charge in [-0.15, -0.1) is 0 Å². The first-order chi connectivity index (χ1) is 26.7. The molecule has 1 saturated heterocycles. The van der Waals surface area contributed by atoms with E-state index in [1.807, 2.05) is 48.5 Å². The van der Waals surface area contributed by atoms with Gasteiger partial charge >= 0.3 is 6.03 Å². The molecule has 4 amide bonds. The summed E-state index contributed by atoms with van der Waals surface area (Å²) in [5.74, 6) is -0.642. The Hall–Kier alpha value is -6.02. The third kappa shape index (κ3) is 6.93. The van der Waals surface area contributed by atoms with Crippen LogP contribution in [0, 0.1) is 13.7 Å². The molecule has 1 fully saturated rings. The van der Waals surface area contributed by atoms with Crippen LogP contribution in [0.1, 0.15) is 58.1 Å². The molecule has 1 N–H and O–H groups in total. The molecule has 8 rings (SSSR count). The average molecular weight is 847 g/mol. The number of carbonyl (C=O) groups excluding carboxylic acids is 3. The number of benzene rings is 5. The summed E-state index contributed by atoms with van der Waals surface area (Å²) in [6.07, 6.45) is 3.22. The second-order valence-electron chi connectivity index (χ2n) is 13.7. The number of nitro benzene ring substituents is 1. The number of non-ortho nitro benzene ring substituents is 1. The molecule has 5 aromatic carbocycles. The van der Waals surface area contributed by atoms with Crippen LogP contribution in [-0.4, -0.2) is 43.0 Å². The van der Waals surface area contributed by atoms with Gasteiger partial charge in [0.15, 0.2) is 11.5 Å². The van der Waals surface area contributed by atoms with Crippen molar-refractivity contribution in [1.82, 2.24) is 5.32 Å². The number of nitrogens with zero attached hydrogens (tertiary/aromatic N) is 3. The molecule has 276 valence electrons. The second-order valence-corrected chi connectivity index (χ2v) is 14.8. The van der Waals surface area contributed by atoms with Gasteiger partial charge in [-0.05, 0) is 111 Å². The van der Waals surface area contributed by atoms with Gasteiger partial charge in [-0.25, -0.2) is 9.69 Å². The lowest BCUT2D eigenvalue weighted by atomic mass is 9.76. The molecule has 5 aromatic rings. The molecule has 0 bridgehead atoms. The van der Waals surface area contributed by atoms with E-state index < -0.39 is 22.8 Å². The molecule has 0 unspecified atom stereocenters. The summed E-state index contributed by atoms with van der Waals surface area (Å²) in [7, 11) is 1.48. The number of ether oxygens (including phenoxy) is 2. The lowest BCUT2D eigenvalue weighted by molar-refractivity contribution is -0.384. The molecule has 0 spiro atoms. The molecule has 3 aliphatic rings. The van der Waals surface area contributed by atoms with Crippen molar-refractivity contribution < 1.29 is 28.8 Å². The number of carbonyl (C=O) groups is 3. The van der Waals surface area contributed by atoms with Crippen LogP contribution in [0.3, 0.4) is 0 Å². The van der Waals surface area contributed by atoms with E-state index in [-0.39, 0.29) is 29.7 Å². The molecular formula is C43H35IN4O7. The molecule has 0 saturated carbocycles. The van der Waals surface area contributed by atoms with Gasteiger partial charge in [0.2, 0.25) is 0 Å². The molecule has 0 aromatic heterocycles. The lowest BCUT2D eigenvalue weighted by Crippen LogP contribution is -2.54. The fraction of sp³-hybridized carbons (Fsp3) is 0.186. The maximum Gasteiger partial charge on any atom is 0.335 e. The van der Waals surface area contributed by atoms with Crippen molar-refractivity contribution in [3.05, 3.63) is 162 Å². The number of imide groups is 2. The Morgan fingerprint density at radius 2 is 1.45 bits per heavy atom. The Labute approximate surface area is 330 Å². The van der Waals surface area contributed by atoms with E-state index in [2.05, 4.69) is 57.1 Å². The third-order valence-corrected chi connectivity index (χ3v) is 11.3. The summed E-state index contributed by atoms with van der Waals surface area (Å²) in [5, 5.41) is 13.4. The van der Waals surface area contributed by atoms with Crippen molar-refractivity contribution in [1.29, 1.82) is 0 Å². The summed E-state index contributed by atoms with van der Waals surface area (Å²) in [5.41, 5.74) is 6.98. The molecule has 0 aliphatic carbocycles. The number of methoxy groups -OCH3 is 1. The standard InChI is InChI=1S/C43H35IN4O7/c1-54-38-22-27(21-37(44)40(38)55-25-26-12-14-30(15-13-26)48(52)53)20-36-41(49)45-43(51)47(42(36)50)31-23-34-32(28-8-4-2-5-9-28)16-18-46-19-17-33(35(24-31)39(34)46)29-10-6-3-7-11-29/h2-15,20-24,32-33H,16-19,25H2,1H3,(H,45,49,51)/b36-20+/t32-,33-/m1/s1. The van der Waals surface area contributed by atoms with Crippen LogP contribution in [0.2, 0.25) is 0 Å². The SMILES string of the molecule is COc1cc(/C=C2\C(=O)NC(=O)N(c3cc4c5c(c3)[C@@H](c3ccccc3)CCN5CC[C@@H]4c3ccccc3)C2=O)cc(I)c1OCc1ccc([N+](=O)[O-])cc1. The van der Waals surface area contributed by atoms with Crippen LogP contribution in [-0.2, 0) is 16.2 Å². The minimum atomic E-state index is -0.808. The predicted octanol–water partition coefficient (Wildman–Crippen LogP) is 8.33. The number of barbiturate groups is 1. The Morgan fingerprint density at radius 3 is 2.02 bits per heavy atom. The summed E-state index contributed by atoms with van der Waals surface area (Å²) < 4.78 is 12.3. The van der Waals surface area contributed by atoms with E-state index in [9.17, 15) is 24.5 Å². The number of amides is 4. The number of rotatable bonds is 9. The number of urea groups is 1. The smallest absolute Gasteiger partial charge is 0.335 e. The largest absolute Gasteiger partial charge is 0.493 e. The highest BCUT2D eigenvalue weighted by atomic mass is 127. The third-order valence-electron chi connectivity index (χ3n) is 10.5. The number of halogens is 1.